The van der Waals surface area contributed by atoms with Crippen LogP contribution in [0.25, 0.3) is 0 Å². The van der Waals surface area contributed by atoms with Crippen LogP contribution in [-0.4, -0.2) is 13.0 Å². The van der Waals surface area contributed by atoms with Gasteiger partial charge in [-0.05, 0) is 60.7 Å². The number of fused-ring (bicyclic) bond motifs is 1. The van der Waals surface area contributed by atoms with E-state index in [2.05, 4.69) is 30.1 Å². The van der Waals surface area contributed by atoms with Crippen LogP contribution in [0.4, 0.5) is 15.8 Å². The van der Waals surface area contributed by atoms with E-state index in [-0.39, 0.29) is 11.7 Å². The number of methoxy groups -OCH3 is 1. The Morgan fingerprint density at radius 1 is 1.13 bits per heavy atom. The molecule has 0 bridgehead atoms. The Labute approximate surface area is 188 Å². The van der Waals surface area contributed by atoms with Crippen LogP contribution in [0.3, 0.4) is 0 Å². The fraction of sp³-hybridized carbons (Fsp3) is 0.240. The molecule has 1 atom stereocenters. The van der Waals surface area contributed by atoms with Gasteiger partial charge in [-0.1, -0.05) is 37.3 Å². The van der Waals surface area contributed by atoms with Gasteiger partial charge in [-0.25, -0.2) is 4.39 Å². The monoisotopic (exact) mass is 438 g/mol. The fourth-order valence-corrected chi connectivity index (χ4v) is 3.87. The molecular weight excluding hydrogens is 411 g/mol. The number of carbonyl (C=O) groups is 1. The molecule has 1 aliphatic rings. The highest BCUT2D eigenvalue weighted by Gasteiger charge is 2.42. The standard InChI is InChI=1S/C18H20N2O.C7H7FOS/c1-3-18(2)15-11-14(19)10-13(16(15)20-17(18)21)9-12-7-5-4-6-8-12;1-9-6-4-5(8)2-3-7(6)10/h4-8,10-11H,3,9,19H2,1-2H3,(H,20,21);2-4,10H,1H3. The van der Waals surface area contributed by atoms with Crippen molar-refractivity contribution in [3.8, 4) is 5.75 Å². The van der Waals surface area contributed by atoms with Gasteiger partial charge in [0.15, 0.2) is 0 Å². The van der Waals surface area contributed by atoms with Gasteiger partial charge in [-0.2, -0.15) is 0 Å². The first-order chi connectivity index (χ1) is 14.8. The minimum atomic E-state index is -0.476. The number of benzene rings is 3. The maximum atomic E-state index is 12.4. The highest BCUT2D eigenvalue weighted by molar-refractivity contribution is 7.80. The van der Waals surface area contributed by atoms with Crippen LogP contribution in [0, 0.1) is 5.82 Å². The van der Waals surface area contributed by atoms with Crippen molar-refractivity contribution in [2.45, 2.75) is 37.0 Å². The van der Waals surface area contributed by atoms with E-state index in [1.165, 1.54) is 24.8 Å². The van der Waals surface area contributed by atoms with Gasteiger partial charge in [0.2, 0.25) is 5.91 Å². The number of nitrogens with one attached hydrogen (secondary N) is 1. The second-order valence-corrected chi connectivity index (χ2v) is 8.20. The number of hydrogen-bond donors (Lipinski definition) is 3. The molecule has 0 saturated heterocycles. The third-order valence-corrected chi connectivity index (χ3v) is 6.03. The molecule has 1 aliphatic heterocycles. The van der Waals surface area contributed by atoms with Crippen LogP contribution >= 0.6 is 12.6 Å². The van der Waals surface area contributed by atoms with E-state index in [0.717, 1.165) is 35.3 Å². The number of nitrogen functional groups attached to an aromatic ring is 1. The number of anilines is 2. The van der Waals surface area contributed by atoms with Crippen LogP contribution < -0.4 is 15.8 Å². The van der Waals surface area contributed by atoms with E-state index in [0.29, 0.717) is 10.6 Å². The maximum Gasteiger partial charge on any atom is 0.234 e. The molecular formula is C25H27FN2O2S. The van der Waals surface area contributed by atoms with Gasteiger partial charge in [0.25, 0.3) is 0 Å². The number of thiol groups is 1. The van der Waals surface area contributed by atoms with Crippen molar-refractivity contribution in [2.24, 2.45) is 0 Å². The summed E-state index contributed by atoms with van der Waals surface area (Å²) < 4.78 is 17.2. The second-order valence-electron chi connectivity index (χ2n) is 7.72. The summed E-state index contributed by atoms with van der Waals surface area (Å²) in [5.74, 6) is 0.220. The van der Waals surface area contributed by atoms with Gasteiger partial charge in [-0.15, -0.1) is 12.6 Å². The average Bonchev–Trinajstić information content (AvgIpc) is 3.02. The quantitative estimate of drug-likeness (QED) is 0.367. The molecule has 162 valence electrons. The highest BCUT2D eigenvalue weighted by atomic mass is 32.1. The van der Waals surface area contributed by atoms with Crippen LogP contribution in [-0.2, 0) is 16.6 Å². The zero-order valence-electron chi connectivity index (χ0n) is 17.9. The molecule has 0 aliphatic carbocycles. The summed E-state index contributed by atoms with van der Waals surface area (Å²) >= 11 is 4.03. The van der Waals surface area contributed by atoms with Gasteiger partial charge in [0.05, 0.1) is 12.5 Å². The summed E-state index contributed by atoms with van der Waals surface area (Å²) in [7, 11) is 1.48. The van der Waals surface area contributed by atoms with Crippen molar-refractivity contribution in [1.82, 2.24) is 0 Å². The first-order valence-corrected chi connectivity index (χ1v) is 10.5. The highest BCUT2D eigenvalue weighted by Crippen LogP contribution is 2.43. The van der Waals surface area contributed by atoms with Crippen molar-refractivity contribution < 1.29 is 13.9 Å². The lowest BCUT2D eigenvalue weighted by Gasteiger charge is -2.20. The first kappa shape index (κ1) is 22.7. The predicted molar refractivity (Wildman–Crippen MR) is 127 cm³/mol. The minimum Gasteiger partial charge on any atom is -0.495 e. The molecule has 4 rings (SSSR count). The molecule has 0 saturated carbocycles. The zero-order chi connectivity index (χ0) is 22.6. The number of ether oxygens (including phenoxy) is 1. The SMILES string of the molecule is CCC1(C)C(=O)Nc2c(Cc3ccccc3)cc(N)cc21.COc1cc(F)ccc1S. The Hall–Kier alpha value is -2.99. The molecule has 0 spiro atoms. The molecule has 31 heavy (non-hydrogen) atoms. The molecule has 1 amide bonds. The summed E-state index contributed by atoms with van der Waals surface area (Å²) in [6.07, 6.45) is 1.54. The topological polar surface area (TPSA) is 64.4 Å². The van der Waals surface area contributed by atoms with Crippen molar-refractivity contribution in [1.29, 1.82) is 0 Å². The van der Waals surface area contributed by atoms with Gasteiger partial charge in [0.1, 0.15) is 11.6 Å². The number of carbonyl (C=O) groups excluding carboxylic acids is 1. The van der Waals surface area contributed by atoms with Gasteiger partial charge < -0.3 is 15.8 Å². The minimum absolute atomic E-state index is 0.0694. The van der Waals surface area contributed by atoms with Crippen LogP contribution in [0.1, 0.15) is 37.0 Å². The normalized spacial score (nSPS) is 16.7. The van der Waals surface area contributed by atoms with E-state index in [4.69, 9.17) is 10.5 Å². The summed E-state index contributed by atoms with van der Waals surface area (Å²) in [4.78, 5) is 13.0. The van der Waals surface area contributed by atoms with Gasteiger partial charge in [0, 0.05) is 22.3 Å². The lowest BCUT2D eigenvalue weighted by molar-refractivity contribution is -0.120. The number of hydrogen-bond acceptors (Lipinski definition) is 4. The number of halogens is 1. The summed E-state index contributed by atoms with van der Waals surface area (Å²) in [5, 5.41) is 3.06. The molecule has 0 fully saturated rings. The molecule has 0 radical (unpaired) electrons. The molecule has 0 aromatic heterocycles. The Morgan fingerprint density at radius 3 is 2.45 bits per heavy atom. The maximum absolute atomic E-state index is 12.4. The number of amides is 1. The molecule has 3 aromatic rings. The van der Waals surface area contributed by atoms with Crippen LogP contribution in [0.15, 0.2) is 65.6 Å². The Morgan fingerprint density at radius 2 is 1.84 bits per heavy atom. The smallest absolute Gasteiger partial charge is 0.234 e. The Balaban J connectivity index is 0.000000229. The molecule has 1 heterocycles. The third kappa shape index (κ3) is 4.85. The van der Waals surface area contributed by atoms with E-state index in [1.54, 1.807) is 6.07 Å². The van der Waals surface area contributed by atoms with Crippen molar-refractivity contribution in [3.63, 3.8) is 0 Å². The zero-order valence-corrected chi connectivity index (χ0v) is 18.8. The summed E-state index contributed by atoms with van der Waals surface area (Å²) in [6, 6.07) is 18.3. The third-order valence-electron chi connectivity index (χ3n) is 5.66. The molecule has 6 heteroatoms. The van der Waals surface area contributed by atoms with E-state index in [9.17, 15) is 9.18 Å². The van der Waals surface area contributed by atoms with Gasteiger partial charge in [-0.3, -0.25) is 4.79 Å². The molecule has 4 nitrogen and oxygen atoms in total. The lowest BCUT2D eigenvalue weighted by atomic mass is 9.80. The molecule has 3 N–H and O–H groups in total. The molecule has 1 unspecified atom stereocenters. The van der Waals surface area contributed by atoms with E-state index in [1.807, 2.05) is 44.2 Å². The average molecular weight is 439 g/mol. The second kappa shape index (κ2) is 9.43. The van der Waals surface area contributed by atoms with Crippen LogP contribution in [0.5, 0.6) is 5.75 Å². The summed E-state index contributed by atoms with van der Waals surface area (Å²) in [5.41, 5.74) is 10.6. The Kier molecular flexibility index (Phi) is 6.91. The number of rotatable bonds is 4. The molecule has 3 aromatic carbocycles. The van der Waals surface area contributed by atoms with E-state index >= 15 is 0 Å². The van der Waals surface area contributed by atoms with Crippen molar-refractivity contribution in [3.05, 3.63) is 83.2 Å². The van der Waals surface area contributed by atoms with E-state index < -0.39 is 5.41 Å². The Bertz CT molecular complexity index is 1090. The van der Waals surface area contributed by atoms with Crippen LogP contribution in [0.2, 0.25) is 0 Å². The number of nitrogens with two attached hydrogens (primary N) is 1. The summed E-state index contributed by atoms with van der Waals surface area (Å²) in [6.45, 7) is 4.02. The lowest BCUT2D eigenvalue weighted by Crippen LogP contribution is -2.29. The fourth-order valence-electron chi connectivity index (χ4n) is 3.64. The van der Waals surface area contributed by atoms with Crippen molar-refractivity contribution in [2.75, 3.05) is 18.2 Å². The predicted octanol–water partition coefficient (Wildman–Crippen LogP) is 5.60. The van der Waals surface area contributed by atoms with Crippen molar-refractivity contribution >= 4 is 29.9 Å². The van der Waals surface area contributed by atoms with Gasteiger partial charge >= 0.3 is 0 Å². The largest absolute Gasteiger partial charge is 0.495 e. The first-order valence-electron chi connectivity index (χ1n) is 10.1.